The number of para-hydroxylation sites is 2. The minimum atomic E-state index is -1.10. The Hall–Kier alpha value is -4.47. The van der Waals surface area contributed by atoms with Gasteiger partial charge in [-0.3, -0.25) is 4.79 Å². The molecule has 0 spiro atoms. The Morgan fingerprint density at radius 3 is 2.81 bits per heavy atom. The van der Waals surface area contributed by atoms with Crippen molar-refractivity contribution in [1.29, 1.82) is 0 Å². The van der Waals surface area contributed by atoms with Gasteiger partial charge in [0.25, 0.3) is 5.91 Å². The number of ether oxygens (including phenoxy) is 2. The molecule has 1 aliphatic heterocycles. The van der Waals surface area contributed by atoms with Crippen LogP contribution in [0.5, 0.6) is 11.5 Å². The predicted molar refractivity (Wildman–Crippen MR) is 140 cm³/mol. The Balaban J connectivity index is 1.43. The number of aromatic nitrogens is 1. The topological polar surface area (TPSA) is 83.6 Å². The SMILES string of the molecule is COc1ccccc1C#Cc1cc2c(c(C(=O)N[C@H](O)C(C)c3c[nH]c4ccccc34)c1)OCC=C2. The van der Waals surface area contributed by atoms with Gasteiger partial charge >= 0.3 is 0 Å². The number of hydrogen-bond donors (Lipinski definition) is 3. The van der Waals surface area contributed by atoms with Gasteiger partial charge in [0.15, 0.2) is 0 Å². The first-order valence-electron chi connectivity index (χ1n) is 11.7. The lowest BCUT2D eigenvalue weighted by Crippen LogP contribution is -2.38. The molecule has 4 aromatic rings. The van der Waals surface area contributed by atoms with Crippen LogP contribution in [-0.4, -0.2) is 35.9 Å². The molecular weight excluding hydrogens is 452 g/mol. The number of aliphatic hydroxyl groups is 1. The highest BCUT2D eigenvalue weighted by Gasteiger charge is 2.25. The summed E-state index contributed by atoms with van der Waals surface area (Å²) in [5.74, 6) is 6.65. The van der Waals surface area contributed by atoms with E-state index in [0.717, 1.165) is 27.6 Å². The summed E-state index contributed by atoms with van der Waals surface area (Å²) in [6, 6.07) is 19.0. The van der Waals surface area contributed by atoms with Gasteiger partial charge < -0.3 is 24.9 Å². The number of carbonyl (C=O) groups is 1. The van der Waals surface area contributed by atoms with E-state index in [1.54, 1.807) is 13.2 Å². The molecule has 6 nitrogen and oxygen atoms in total. The molecule has 0 saturated heterocycles. The predicted octanol–water partition coefficient (Wildman–Crippen LogP) is 4.83. The van der Waals surface area contributed by atoms with Crippen molar-refractivity contribution in [2.45, 2.75) is 19.1 Å². The molecule has 2 atom stereocenters. The lowest BCUT2D eigenvalue weighted by atomic mass is 9.98. The number of rotatable bonds is 5. The van der Waals surface area contributed by atoms with Gasteiger partial charge in [-0.25, -0.2) is 0 Å². The second-order valence-corrected chi connectivity index (χ2v) is 8.60. The summed E-state index contributed by atoms with van der Waals surface area (Å²) in [7, 11) is 1.60. The molecule has 36 heavy (non-hydrogen) atoms. The van der Waals surface area contributed by atoms with Crippen molar-refractivity contribution in [3.8, 4) is 23.3 Å². The smallest absolute Gasteiger partial charge is 0.257 e. The van der Waals surface area contributed by atoms with E-state index in [2.05, 4.69) is 22.1 Å². The Bertz CT molecular complexity index is 1520. The zero-order valence-corrected chi connectivity index (χ0v) is 20.0. The van der Waals surface area contributed by atoms with Crippen LogP contribution >= 0.6 is 0 Å². The zero-order chi connectivity index (χ0) is 25.1. The summed E-state index contributed by atoms with van der Waals surface area (Å²) in [6.45, 7) is 2.25. The van der Waals surface area contributed by atoms with Crippen molar-refractivity contribution in [2.75, 3.05) is 13.7 Å². The van der Waals surface area contributed by atoms with E-state index in [4.69, 9.17) is 9.47 Å². The fraction of sp³-hybridized carbons (Fsp3) is 0.167. The molecule has 1 aliphatic rings. The Kier molecular flexibility index (Phi) is 6.48. The maximum Gasteiger partial charge on any atom is 0.257 e. The molecular formula is C30H26N2O4. The molecule has 0 aliphatic carbocycles. The van der Waals surface area contributed by atoms with Gasteiger partial charge in [0.1, 0.15) is 24.3 Å². The minimum absolute atomic E-state index is 0.325. The first-order valence-corrected chi connectivity index (χ1v) is 11.7. The number of fused-ring (bicyclic) bond motifs is 2. The molecule has 2 heterocycles. The normalized spacial score (nSPS) is 13.6. The molecule has 1 aromatic heterocycles. The van der Waals surface area contributed by atoms with Crippen LogP contribution in [0.15, 0.2) is 72.9 Å². The number of methoxy groups -OCH3 is 1. The lowest BCUT2D eigenvalue weighted by molar-refractivity contribution is 0.0725. The number of H-pyrrole nitrogens is 1. The van der Waals surface area contributed by atoms with Crippen LogP contribution in [0.2, 0.25) is 0 Å². The summed E-state index contributed by atoms with van der Waals surface area (Å²) in [4.78, 5) is 16.6. The van der Waals surface area contributed by atoms with Crippen molar-refractivity contribution >= 4 is 22.9 Å². The summed E-state index contributed by atoms with van der Waals surface area (Å²) < 4.78 is 11.2. The molecule has 1 unspecified atom stereocenters. The van der Waals surface area contributed by atoms with E-state index >= 15 is 0 Å². The van der Waals surface area contributed by atoms with Gasteiger partial charge in [0, 0.05) is 34.1 Å². The summed E-state index contributed by atoms with van der Waals surface area (Å²) in [5.41, 5.74) is 4.39. The van der Waals surface area contributed by atoms with E-state index in [-0.39, 0.29) is 5.92 Å². The van der Waals surface area contributed by atoms with Crippen molar-refractivity contribution in [2.24, 2.45) is 0 Å². The first kappa shape index (κ1) is 23.3. The van der Waals surface area contributed by atoms with Crippen LogP contribution in [0.3, 0.4) is 0 Å². The van der Waals surface area contributed by atoms with Gasteiger partial charge in [-0.15, -0.1) is 0 Å². The largest absolute Gasteiger partial charge is 0.495 e. The number of carbonyl (C=O) groups excluding carboxylic acids is 1. The second kappa shape index (κ2) is 10.0. The zero-order valence-electron chi connectivity index (χ0n) is 20.0. The third-order valence-corrected chi connectivity index (χ3v) is 6.30. The van der Waals surface area contributed by atoms with Gasteiger partial charge in [-0.1, -0.05) is 55.2 Å². The maximum absolute atomic E-state index is 13.3. The Labute approximate surface area is 209 Å². The van der Waals surface area contributed by atoms with Gasteiger partial charge in [0.05, 0.1) is 18.2 Å². The molecule has 0 saturated carbocycles. The van der Waals surface area contributed by atoms with E-state index in [1.807, 2.05) is 79.9 Å². The lowest BCUT2D eigenvalue weighted by Gasteiger charge is -2.22. The number of hydrogen-bond acceptors (Lipinski definition) is 4. The Morgan fingerprint density at radius 1 is 1.14 bits per heavy atom. The van der Waals surface area contributed by atoms with E-state index in [9.17, 15) is 9.90 Å². The summed E-state index contributed by atoms with van der Waals surface area (Å²) in [5, 5.41) is 14.7. The van der Waals surface area contributed by atoms with Crippen LogP contribution in [0, 0.1) is 11.8 Å². The van der Waals surface area contributed by atoms with Crippen LogP contribution in [0.25, 0.3) is 17.0 Å². The van der Waals surface area contributed by atoms with Gasteiger partial charge in [0.2, 0.25) is 0 Å². The molecule has 0 fully saturated rings. The summed E-state index contributed by atoms with van der Waals surface area (Å²) in [6.07, 6.45) is 4.56. The molecule has 0 radical (unpaired) electrons. The number of aromatic amines is 1. The number of amides is 1. The fourth-order valence-corrected chi connectivity index (χ4v) is 4.35. The molecule has 5 rings (SSSR count). The standard InChI is InChI=1S/C30H26N2O4/c1-19(25-18-31-26-11-5-4-10-23(25)26)29(33)32-30(34)24-17-20(16-22-9-7-15-36-28(22)24)13-14-21-8-3-6-12-27(21)35-2/h3-12,16-19,29,31,33H,15H2,1-2H3,(H,32,34)/t19?,29-/m1/s1. The Morgan fingerprint density at radius 2 is 1.94 bits per heavy atom. The third-order valence-electron chi connectivity index (χ3n) is 6.30. The number of nitrogens with one attached hydrogen (secondary N) is 2. The highest BCUT2D eigenvalue weighted by Crippen LogP contribution is 2.31. The van der Waals surface area contributed by atoms with Crippen molar-refractivity contribution in [3.63, 3.8) is 0 Å². The number of aliphatic hydroxyl groups excluding tert-OH is 1. The van der Waals surface area contributed by atoms with Crippen LogP contribution in [0.1, 0.15) is 45.5 Å². The van der Waals surface area contributed by atoms with Crippen LogP contribution < -0.4 is 14.8 Å². The quantitative estimate of drug-likeness (QED) is 0.283. The molecule has 6 heteroatoms. The highest BCUT2D eigenvalue weighted by atomic mass is 16.5. The maximum atomic E-state index is 13.3. The third kappa shape index (κ3) is 4.57. The van der Waals surface area contributed by atoms with Crippen molar-refractivity contribution in [1.82, 2.24) is 10.3 Å². The van der Waals surface area contributed by atoms with Crippen molar-refractivity contribution < 1.29 is 19.4 Å². The number of benzene rings is 3. The van der Waals surface area contributed by atoms with Crippen LogP contribution in [-0.2, 0) is 0 Å². The average molecular weight is 479 g/mol. The van der Waals surface area contributed by atoms with Gasteiger partial charge in [-0.05, 0) is 42.0 Å². The molecule has 1 amide bonds. The van der Waals surface area contributed by atoms with E-state index in [1.165, 1.54) is 0 Å². The molecule has 180 valence electrons. The van der Waals surface area contributed by atoms with E-state index < -0.39 is 12.1 Å². The molecule has 3 N–H and O–H groups in total. The van der Waals surface area contributed by atoms with E-state index in [0.29, 0.717) is 29.2 Å². The van der Waals surface area contributed by atoms with Crippen LogP contribution in [0.4, 0.5) is 0 Å². The first-order chi connectivity index (χ1) is 17.5. The second-order valence-electron chi connectivity index (χ2n) is 8.60. The average Bonchev–Trinajstić information content (AvgIpc) is 3.35. The fourth-order valence-electron chi connectivity index (χ4n) is 4.35. The van der Waals surface area contributed by atoms with Crippen molar-refractivity contribution in [3.05, 3.63) is 101 Å². The monoisotopic (exact) mass is 478 g/mol. The molecule has 0 bridgehead atoms. The van der Waals surface area contributed by atoms with Gasteiger partial charge in [-0.2, -0.15) is 0 Å². The molecule has 3 aromatic carbocycles. The highest BCUT2D eigenvalue weighted by molar-refractivity contribution is 5.99. The summed E-state index contributed by atoms with van der Waals surface area (Å²) >= 11 is 0. The minimum Gasteiger partial charge on any atom is -0.495 e.